The number of hydrogen-bond acceptors (Lipinski definition) is 6. The van der Waals surface area contributed by atoms with E-state index in [9.17, 15) is 9.59 Å². The lowest BCUT2D eigenvalue weighted by Gasteiger charge is -2.25. The maximum absolute atomic E-state index is 12.3. The van der Waals surface area contributed by atoms with Crippen LogP contribution in [0.3, 0.4) is 0 Å². The van der Waals surface area contributed by atoms with Crippen LogP contribution in [-0.2, 0) is 9.59 Å². The average molecular weight is 428 g/mol. The lowest BCUT2D eigenvalue weighted by atomic mass is 10.1. The maximum atomic E-state index is 12.3. The van der Waals surface area contributed by atoms with Crippen LogP contribution in [0.4, 0.5) is 0 Å². The molecular formula is C23H29N3O5. The number of nitrogens with two attached hydrogens (primary N) is 1. The van der Waals surface area contributed by atoms with Crippen LogP contribution in [0.25, 0.3) is 6.08 Å². The average Bonchev–Trinajstić information content (AvgIpc) is 2.76. The van der Waals surface area contributed by atoms with Crippen molar-refractivity contribution in [2.75, 3.05) is 41.5 Å². The molecule has 0 radical (unpaired) electrons. The third-order valence-electron chi connectivity index (χ3n) is 4.58. The van der Waals surface area contributed by atoms with Crippen molar-refractivity contribution in [1.82, 2.24) is 10.2 Å². The molecule has 0 saturated heterocycles. The van der Waals surface area contributed by atoms with Gasteiger partial charge in [-0.1, -0.05) is 18.2 Å². The van der Waals surface area contributed by atoms with Crippen molar-refractivity contribution >= 4 is 17.9 Å². The Morgan fingerprint density at radius 3 is 2.35 bits per heavy atom. The van der Waals surface area contributed by atoms with Crippen molar-refractivity contribution in [3.8, 4) is 17.2 Å². The topological polar surface area (TPSA) is 103 Å². The van der Waals surface area contributed by atoms with Crippen LogP contribution in [0.2, 0.25) is 0 Å². The molecule has 0 fully saturated rings. The first kappa shape index (κ1) is 23.8. The van der Waals surface area contributed by atoms with E-state index in [1.807, 2.05) is 43.3 Å². The molecule has 2 aromatic rings. The van der Waals surface area contributed by atoms with Crippen LogP contribution in [0.15, 0.2) is 48.5 Å². The Bertz CT molecular complexity index is 910. The molecule has 0 aromatic heterocycles. The Hall–Kier alpha value is -3.52. The van der Waals surface area contributed by atoms with Crippen molar-refractivity contribution < 1.29 is 23.8 Å². The van der Waals surface area contributed by atoms with E-state index in [1.165, 1.54) is 13.2 Å². The number of amides is 2. The number of nitrogens with one attached hydrogen (secondary N) is 1. The van der Waals surface area contributed by atoms with Crippen molar-refractivity contribution in [2.45, 2.75) is 6.04 Å². The summed E-state index contributed by atoms with van der Waals surface area (Å²) < 4.78 is 15.8. The standard InChI is InChI=1S/C23H29N3O5/c1-26(2)19(17-7-9-18(29-3)10-8-17)14-25-23(28)12-6-16-5-11-20(21(13-16)30-4)31-15-22(24)27/h5-13,19H,14-15H2,1-4H3,(H2,24,27)(H,25,28)/b12-6+. The van der Waals surface area contributed by atoms with Gasteiger partial charge in [-0.2, -0.15) is 0 Å². The second-order valence-corrected chi connectivity index (χ2v) is 7.00. The third kappa shape index (κ3) is 7.35. The van der Waals surface area contributed by atoms with E-state index < -0.39 is 5.91 Å². The van der Waals surface area contributed by atoms with Crippen LogP contribution in [0.1, 0.15) is 17.2 Å². The zero-order valence-corrected chi connectivity index (χ0v) is 18.3. The second kappa shape index (κ2) is 11.6. The minimum Gasteiger partial charge on any atom is -0.497 e. The maximum Gasteiger partial charge on any atom is 0.255 e. The fraction of sp³-hybridized carbons (Fsp3) is 0.304. The molecule has 0 spiro atoms. The molecule has 1 atom stereocenters. The third-order valence-corrected chi connectivity index (χ3v) is 4.58. The van der Waals surface area contributed by atoms with Gasteiger partial charge in [0, 0.05) is 12.6 Å². The van der Waals surface area contributed by atoms with Gasteiger partial charge in [0.25, 0.3) is 5.91 Å². The fourth-order valence-corrected chi connectivity index (χ4v) is 2.91. The van der Waals surface area contributed by atoms with E-state index in [-0.39, 0.29) is 18.6 Å². The van der Waals surface area contributed by atoms with Crippen LogP contribution in [0, 0.1) is 0 Å². The number of hydrogen-bond donors (Lipinski definition) is 2. The molecule has 0 aliphatic carbocycles. The van der Waals surface area contributed by atoms with Gasteiger partial charge < -0.3 is 30.2 Å². The first-order valence-electron chi connectivity index (χ1n) is 9.69. The zero-order chi connectivity index (χ0) is 22.8. The van der Waals surface area contributed by atoms with E-state index in [0.717, 1.165) is 16.9 Å². The van der Waals surface area contributed by atoms with Gasteiger partial charge in [0.15, 0.2) is 18.1 Å². The number of methoxy groups -OCH3 is 2. The van der Waals surface area contributed by atoms with E-state index in [0.29, 0.717) is 18.0 Å². The van der Waals surface area contributed by atoms with Gasteiger partial charge in [-0.25, -0.2) is 0 Å². The Morgan fingerprint density at radius 2 is 1.77 bits per heavy atom. The van der Waals surface area contributed by atoms with Gasteiger partial charge in [0.05, 0.1) is 20.3 Å². The van der Waals surface area contributed by atoms with Gasteiger partial charge in [0.1, 0.15) is 5.75 Å². The van der Waals surface area contributed by atoms with Gasteiger partial charge in [-0.15, -0.1) is 0 Å². The van der Waals surface area contributed by atoms with E-state index in [4.69, 9.17) is 19.9 Å². The van der Waals surface area contributed by atoms with Crippen LogP contribution in [0.5, 0.6) is 17.2 Å². The van der Waals surface area contributed by atoms with E-state index >= 15 is 0 Å². The van der Waals surface area contributed by atoms with Gasteiger partial charge in [-0.3, -0.25) is 9.59 Å². The second-order valence-electron chi connectivity index (χ2n) is 7.00. The minimum absolute atomic E-state index is 0.0186. The number of primary amides is 1. The molecule has 2 amide bonds. The van der Waals surface area contributed by atoms with Gasteiger partial charge >= 0.3 is 0 Å². The summed E-state index contributed by atoms with van der Waals surface area (Å²) in [6, 6.07) is 12.9. The normalized spacial score (nSPS) is 11.9. The van der Waals surface area contributed by atoms with Crippen LogP contribution in [-0.4, -0.2) is 58.2 Å². The highest BCUT2D eigenvalue weighted by Crippen LogP contribution is 2.28. The monoisotopic (exact) mass is 427 g/mol. The number of carbonyl (C=O) groups excluding carboxylic acids is 2. The van der Waals surface area contributed by atoms with Crippen molar-refractivity contribution in [3.05, 3.63) is 59.7 Å². The molecule has 0 aliphatic rings. The zero-order valence-electron chi connectivity index (χ0n) is 18.3. The molecule has 0 bridgehead atoms. The summed E-state index contributed by atoms with van der Waals surface area (Å²) in [5, 5.41) is 2.93. The molecule has 31 heavy (non-hydrogen) atoms. The molecule has 8 heteroatoms. The Morgan fingerprint density at radius 1 is 1.06 bits per heavy atom. The summed E-state index contributed by atoms with van der Waals surface area (Å²) in [5.74, 6) is 0.837. The summed E-state index contributed by atoms with van der Waals surface area (Å²) in [7, 11) is 7.05. The summed E-state index contributed by atoms with van der Waals surface area (Å²) in [6.07, 6.45) is 3.13. The molecule has 2 rings (SSSR count). The number of ether oxygens (including phenoxy) is 3. The summed E-state index contributed by atoms with van der Waals surface area (Å²) in [6.45, 7) is 0.209. The predicted octanol–water partition coefficient (Wildman–Crippen LogP) is 2.00. The quantitative estimate of drug-likeness (QED) is 0.532. The molecule has 3 N–H and O–H groups in total. The van der Waals surface area contributed by atoms with Crippen molar-refractivity contribution in [2.24, 2.45) is 5.73 Å². The van der Waals surface area contributed by atoms with Crippen LogP contribution < -0.4 is 25.3 Å². The summed E-state index contributed by atoms with van der Waals surface area (Å²) in [5.41, 5.74) is 6.92. The highest BCUT2D eigenvalue weighted by atomic mass is 16.5. The Balaban J connectivity index is 1.99. The summed E-state index contributed by atoms with van der Waals surface area (Å²) >= 11 is 0. The molecular weight excluding hydrogens is 398 g/mol. The van der Waals surface area contributed by atoms with Gasteiger partial charge in [-0.05, 0) is 55.6 Å². The number of benzene rings is 2. The number of carbonyl (C=O) groups is 2. The number of nitrogens with zero attached hydrogens (tertiary/aromatic N) is 1. The Kier molecular flexibility index (Phi) is 8.90. The molecule has 2 aromatic carbocycles. The molecule has 0 heterocycles. The number of likely N-dealkylation sites (N-methyl/N-ethyl adjacent to an activating group) is 1. The molecule has 8 nitrogen and oxygen atoms in total. The molecule has 0 aliphatic heterocycles. The number of rotatable bonds is 11. The Labute approximate surface area is 182 Å². The fourth-order valence-electron chi connectivity index (χ4n) is 2.91. The highest BCUT2D eigenvalue weighted by Gasteiger charge is 2.15. The lowest BCUT2D eigenvalue weighted by molar-refractivity contribution is -0.120. The first-order valence-corrected chi connectivity index (χ1v) is 9.69. The molecule has 0 saturated carbocycles. The van der Waals surface area contributed by atoms with Crippen LogP contribution >= 0.6 is 0 Å². The predicted molar refractivity (Wildman–Crippen MR) is 119 cm³/mol. The van der Waals surface area contributed by atoms with Crippen molar-refractivity contribution in [3.63, 3.8) is 0 Å². The SMILES string of the molecule is COc1ccc(C(CNC(=O)/C=C/c2ccc(OCC(N)=O)c(OC)c2)N(C)C)cc1. The van der Waals surface area contributed by atoms with E-state index in [1.54, 1.807) is 31.4 Å². The van der Waals surface area contributed by atoms with E-state index in [2.05, 4.69) is 5.32 Å². The largest absolute Gasteiger partial charge is 0.497 e. The summed E-state index contributed by atoms with van der Waals surface area (Å²) in [4.78, 5) is 25.3. The highest BCUT2D eigenvalue weighted by molar-refractivity contribution is 5.91. The first-order chi connectivity index (χ1) is 14.8. The molecule has 1 unspecified atom stereocenters. The lowest BCUT2D eigenvalue weighted by Crippen LogP contribution is -2.33. The minimum atomic E-state index is -0.576. The smallest absolute Gasteiger partial charge is 0.255 e. The van der Waals surface area contributed by atoms with Crippen molar-refractivity contribution in [1.29, 1.82) is 0 Å². The molecule has 166 valence electrons. The van der Waals surface area contributed by atoms with Gasteiger partial charge in [0.2, 0.25) is 5.91 Å².